The van der Waals surface area contributed by atoms with Crippen LogP contribution in [0.15, 0.2) is 35.2 Å². The average molecular weight is 260 g/mol. The Bertz CT molecular complexity index is 508. The van der Waals surface area contributed by atoms with E-state index < -0.39 is 0 Å². The van der Waals surface area contributed by atoms with Crippen LogP contribution in [-0.2, 0) is 0 Å². The van der Waals surface area contributed by atoms with Crippen molar-refractivity contribution in [3.8, 4) is 11.4 Å². The minimum atomic E-state index is -0.0734. The van der Waals surface area contributed by atoms with Gasteiger partial charge in [-0.1, -0.05) is 17.3 Å². The number of hydrogen-bond acceptors (Lipinski definition) is 5. The van der Waals surface area contributed by atoms with E-state index in [0.717, 1.165) is 18.5 Å². The van der Waals surface area contributed by atoms with Crippen LogP contribution in [0.4, 0.5) is 0 Å². The molecular formula is C13H16N4O2. The lowest BCUT2D eigenvalue weighted by atomic mass is 10.1. The maximum absolute atomic E-state index is 11.8. The number of benzene rings is 1. The Hall–Kier alpha value is -2.21. The highest BCUT2D eigenvalue weighted by Gasteiger charge is 2.07. The summed E-state index contributed by atoms with van der Waals surface area (Å²) in [5, 5.41) is 9.63. The number of rotatable bonds is 6. The molecule has 2 rings (SSSR count). The highest BCUT2D eigenvalue weighted by atomic mass is 16.5. The normalized spacial score (nSPS) is 10.4. The van der Waals surface area contributed by atoms with Gasteiger partial charge in [0, 0.05) is 17.7 Å². The molecule has 1 aromatic carbocycles. The van der Waals surface area contributed by atoms with Gasteiger partial charge in [-0.05, 0) is 32.1 Å². The SMILES string of the molecule is CNCCCNC(=O)c1ccc(-c2ncon2)cc1. The van der Waals surface area contributed by atoms with Crippen LogP contribution in [0.5, 0.6) is 0 Å². The fourth-order valence-corrected chi connectivity index (χ4v) is 1.64. The van der Waals surface area contributed by atoms with Gasteiger partial charge in [0.1, 0.15) is 0 Å². The molecule has 0 atom stereocenters. The van der Waals surface area contributed by atoms with Crippen molar-refractivity contribution < 1.29 is 9.32 Å². The first-order chi connectivity index (χ1) is 9.31. The lowest BCUT2D eigenvalue weighted by Gasteiger charge is -2.05. The van der Waals surface area contributed by atoms with Crippen LogP contribution in [0.1, 0.15) is 16.8 Å². The molecule has 19 heavy (non-hydrogen) atoms. The van der Waals surface area contributed by atoms with Crippen LogP contribution in [0.25, 0.3) is 11.4 Å². The summed E-state index contributed by atoms with van der Waals surface area (Å²) in [5.41, 5.74) is 1.44. The second-order valence-electron chi connectivity index (χ2n) is 4.05. The number of aromatic nitrogens is 2. The van der Waals surface area contributed by atoms with E-state index in [2.05, 4.69) is 25.3 Å². The molecule has 1 aromatic heterocycles. The molecule has 2 N–H and O–H groups in total. The number of nitrogens with one attached hydrogen (secondary N) is 2. The molecule has 6 heteroatoms. The molecular weight excluding hydrogens is 244 g/mol. The Morgan fingerprint density at radius 2 is 2.05 bits per heavy atom. The third kappa shape index (κ3) is 3.62. The predicted octanol–water partition coefficient (Wildman–Crippen LogP) is 1.08. The highest BCUT2D eigenvalue weighted by molar-refractivity contribution is 5.94. The molecule has 0 fully saturated rings. The zero-order valence-electron chi connectivity index (χ0n) is 10.7. The standard InChI is InChI=1S/C13H16N4O2/c1-14-7-2-8-15-13(18)11-5-3-10(4-6-11)12-16-9-19-17-12/h3-6,9,14H,2,7-8H2,1H3,(H,15,18). The van der Waals surface area contributed by atoms with Crippen LogP contribution in [0, 0.1) is 0 Å². The van der Waals surface area contributed by atoms with Gasteiger partial charge in [0.25, 0.3) is 5.91 Å². The van der Waals surface area contributed by atoms with Gasteiger partial charge < -0.3 is 15.2 Å². The Kier molecular flexibility index (Phi) is 4.63. The summed E-state index contributed by atoms with van der Waals surface area (Å²) >= 11 is 0. The summed E-state index contributed by atoms with van der Waals surface area (Å²) in [6.45, 7) is 1.54. The number of carbonyl (C=O) groups excluding carboxylic acids is 1. The van der Waals surface area contributed by atoms with Crippen molar-refractivity contribution in [2.24, 2.45) is 0 Å². The van der Waals surface area contributed by atoms with Gasteiger partial charge in [0.2, 0.25) is 12.2 Å². The molecule has 0 aliphatic heterocycles. The molecule has 0 bridgehead atoms. The van der Waals surface area contributed by atoms with Crippen molar-refractivity contribution in [3.05, 3.63) is 36.2 Å². The summed E-state index contributed by atoms with van der Waals surface area (Å²) in [4.78, 5) is 15.8. The molecule has 0 radical (unpaired) electrons. The molecule has 0 saturated heterocycles. The van der Waals surface area contributed by atoms with Gasteiger partial charge >= 0.3 is 0 Å². The summed E-state index contributed by atoms with van der Waals surface area (Å²) < 4.78 is 4.68. The number of amides is 1. The first-order valence-electron chi connectivity index (χ1n) is 6.11. The van der Waals surface area contributed by atoms with E-state index in [1.54, 1.807) is 24.3 Å². The number of hydrogen-bond donors (Lipinski definition) is 2. The Balaban J connectivity index is 1.93. The maximum Gasteiger partial charge on any atom is 0.251 e. The van der Waals surface area contributed by atoms with Crippen LogP contribution >= 0.6 is 0 Å². The lowest BCUT2D eigenvalue weighted by molar-refractivity contribution is 0.0953. The summed E-state index contributed by atoms with van der Waals surface area (Å²) in [6, 6.07) is 7.10. The molecule has 0 unspecified atom stereocenters. The summed E-state index contributed by atoms with van der Waals surface area (Å²) in [7, 11) is 1.89. The molecule has 0 saturated carbocycles. The van der Waals surface area contributed by atoms with Gasteiger partial charge in [-0.25, -0.2) is 0 Å². The quantitative estimate of drug-likeness (QED) is 0.760. The first-order valence-corrected chi connectivity index (χ1v) is 6.11. The molecule has 0 aliphatic carbocycles. The third-order valence-corrected chi connectivity index (χ3v) is 2.66. The second-order valence-corrected chi connectivity index (χ2v) is 4.05. The van der Waals surface area contributed by atoms with Crippen molar-refractivity contribution in [1.82, 2.24) is 20.8 Å². The van der Waals surface area contributed by atoms with E-state index in [0.29, 0.717) is 17.9 Å². The zero-order chi connectivity index (χ0) is 13.5. The molecule has 0 spiro atoms. The van der Waals surface area contributed by atoms with Gasteiger partial charge in [-0.15, -0.1) is 0 Å². The van der Waals surface area contributed by atoms with Crippen molar-refractivity contribution in [2.45, 2.75) is 6.42 Å². The smallest absolute Gasteiger partial charge is 0.251 e. The van der Waals surface area contributed by atoms with Crippen molar-refractivity contribution in [3.63, 3.8) is 0 Å². The minimum absolute atomic E-state index is 0.0734. The molecule has 2 aromatic rings. The van der Waals surface area contributed by atoms with Crippen LogP contribution < -0.4 is 10.6 Å². The van der Waals surface area contributed by atoms with Crippen molar-refractivity contribution >= 4 is 5.91 Å². The second kappa shape index (κ2) is 6.65. The van der Waals surface area contributed by atoms with E-state index in [9.17, 15) is 4.79 Å². The van der Waals surface area contributed by atoms with Crippen LogP contribution in [-0.4, -0.2) is 36.2 Å². The largest absolute Gasteiger partial charge is 0.352 e. The molecule has 100 valence electrons. The highest BCUT2D eigenvalue weighted by Crippen LogP contribution is 2.14. The fraction of sp³-hybridized carbons (Fsp3) is 0.308. The van der Waals surface area contributed by atoms with Gasteiger partial charge in [0.15, 0.2) is 0 Å². The van der Waals surface area contributed by atoms with Crippen LogP contribution in [0.2, 0.25) is 0 Å². The fourth-order valence-electron chi connectivity index (χ4n) is 1.64. The molecule has 0 aliphatic rings. The summed E-state index contributed by atoms with van der Waals surface area (Å²) in [6.07, 6.45) is 2.18. The lowest BCUT2D eigenvalue weighted by Crippen LogP contribution is -2.26. The summed E-state index contributed by atoms with van der Waals surface area (Å²) in [5.74, 6) is 0.441. The van der Waals surface area contributed by atoms with Gasteiger partial charge in [-0.2, -0.15) is 4.98 Å². The topological polar surface area (TPSA) is 80.0 Å². The molecule has 6 nitrogen and oxygen atoms in total. The molecule has 1 heterocycles. The van der Waals surface area contributed by atoms with E-state index in [1.807, 2.05) is 7.05 Å². The average Bonchev–Trinajstić information content (AvgIpc) is 2.98. The van der Waals surface area contributed by atoms with Gasteiger partial charge in [0.05, 0.1) is 0 Å². The van der Waals surface area contributed by atoms with E-state index in [1.165, 1.54) is 6.39 Å². The number of nitrogens with zero attached hydrogens (tertiary/aromatic N) is 2. The van der Waals surface area contributed by atoms with E-state index in [-0.39, 0.29) is 5.91 Å². The van der Waals surface area contributed by atoms with Gasteiger partial charge in [-0.3, -0.25) is 4.79 Å². The molecule has 1 amide bonds. The first kappa shape index (κ1) is 13.2. The minimum Gasteiger partial charge on any atom is -0.352 e. The zero-order valence-corrected chi connectivity index (χ0v) is 10.7. The maximum atomic E-state index is 11.8. The monoisotopic (exact) mass is 260 g/mol. The van der Waals surface area contributed by atoms with Crippen molar-refractivity contribution in [2.75, 3.05) is 20.1 Å². The van der Waals surface area contributed by atoms with E-state index in [4.69, 9.17) is 0 Å². The van der Waals surface area contributed by atoms with E-state index >= 15 is 0 Å². The van der Waals surface area contributed by atoms with Crippen LogP contribution in [0.3, 0.4) is 0 Å². The Morgan fingerprint density at radius 1 is 1.26 bits per heavy atom. The Morgan fingerprint density at radius 3 is 2.68 bits per heavy atom. The van der Waals surface area contributed by atoms with Crippen molar-refractivity contribution in [1.29, 1.82) is 0 Å². The predicted molar refractivity (Wildman–Crippen MR) is 70.6 cm³/mol. The Labute approximate surface area is 111 Å². The number of carbonyl (C=O) groups is 1. The third-order valence-electron chi connectivity index (χ3n) is 2.66.